The third kappa shape index (κ3) is 2.88. The van der Waals surface area contributed by atoms with E-state index in [9.17, 15) is 14.4 Å². The fourth-order valence-corrected chi connectivity index (χ4v) is 2.37. The molecule has 8 heteroatoms. The first-order valence-electron chi connectivity index (χ1n) is 6.39. The number of esters is 1. The zero-order chi connectivity index (χ0) is 13.9. The molecule has 2 fully saturated rings. The Balaban J connectivity index is 1.79. The van der Waals surface area contributed by atoms with Crippen molar-refractivity contribution in [1.29, 1.82) is 0 Å². The number of hydrogen-bond acceptors (Lipinski definition) is 4. The number of carbonyl (C=O) groups is 3. The lowest BCUT2D eigenvalue weighted by atomic mass is 10.0. The van der Waals surface area contributed by atoms with Gasteiger partial charge in [0, 0.05) is 6.42 Å². The monoisotopic (exact) mass is 270 g/mol. The Labute approximate surface area is 110 Å². The molecule has 0 aromatic carbocycles. The van der Waals surface area contributed by atoms with E-state index in [4.69, 9.17) is 4.74 Å². The zero-order valence-corrected chi connectivity index (χ0v) is 10.7. The minimum absolute atomic E-state index is 0.223. The summed E-state index contributed by atoms with van der Waals surface area (Å²) in [5.74, 6) is -0.223. The first-order valence-corrected chi connectivity index (χ1v) is 6.39. The summed E-state index contributed by atoms with van der Waals surface area (Å²) in [7, 11) is 0. The fraction of sp³-hybridized carbons (Fsp3) is 0.727. The van der Waals surface area contributed by atoms with E-state index in [-0.39, 0.29) is 18.0 Å². The maximum atomic E-state index is 11.3. The first-order chi connectivity index (χ1) is 9.05. The van der Waals surface area contributed by atoms with Gasteiger partial charge in [-0.3, -0.25) is 4.79 Å². The summed E-state index contributed by atoms with van der Waals surface area (Å²) in [5.41, 5.74) is -0.789. The van der Waals surface area contributed by atoms with Crippen LogP contribution in [0.15, 0.2) is 0 Å². The van der Waals surface area contributed by atoms with Crippen molar-refractivity contribution >= 4 is 18.0 Å². The van der Waals surface area contributed by atoms with Gasteiger partial charge in [-0.25, -0.2) is 9.59 Å². The highest BCUT2D eigenvalue weighted by Crippen LogP contribution is 2.23. The van der Waals surface area contributed by atoms with Crippen LogP contribution in [0, 0.1) is 0 Å². The van der Waals surface area contributed by atoms with Gasteiger partial charge in [0.2, 0.25) is 0 Å². The SMILES string of the molecule is CCOC(=O)CCCCC12NC(=O)NC1NC(=O)N2. The highest BCUT2D eigenvalue weighted by atomic mass is 16.5. The lowest BCUT2D eigenvalue weighted by Gasteiger charge is -2.26. The summed E-state index contributed by atoms with van der Waals surface area (Å²) in [5, 5.41) is 10.7. The number of hydrogen-bond donors (Lipinski definition) is 4. The van der Waals surface area contributed by atoms with Gasteiger partial charge in [0.15, 0.2) is 5.66 Å². The lowest BCUT2D eigenvalue weighted by Crippen LogP contribution is -2.56. The summed E-state index contributed by atoms with van der Waals surface area (Å²) in [6.07, 6.45) is 1.79. The molecule has 2 aliphatic heterocycles. The molecule has 106 valence electrons. The van der Waals surface area contributed by atoms with E-state index in [1.165, 1.54) is 0 Å². The van der Waals surface area contributed by atoms with Gasteiger partial charge in [-0.05, 0) is 26.2 Å². The largest absolute Gasteiger partial charge is 0.466 e. The third-order valence-corrected chi connectivity index (χ3v) is 3.22. The molecule has 0 aliphatic carbocycles. The Morgan fingerprint density at radius 3 is 2.42 bits per heavy atom. The number of nitrogens with one attached hydrogen (secondary N) is 4. The van der Waals surface area contributed by atoms with Crippen LogP contribution < -0.4 is 21.3 Å². The summed E-state index contributed by atoms with van der Waals surface area (Å²) < 4.78 is 4.83. The van der Waals surface area contributed by atoms with Crippen molar-refractivity contribution in [3.63, 3.8) is 0 Å². The van der Waals surface area contributed by atoms with E-state index < -0.39 is 11.8 Å². The second-order valence-corrected chi connectivity index (χ2v) is 4.61. The van der Waals surface area contributed by atoms with Gasteiger partial charge in [-0.2, -0.15) is 0 Å². The molecule has 0 unspecified atom stereocenters. The van der Waals surface area contributed by atoms with Crippen molar-refractivity contribution in [2.45, 2.75) is 44.4 Å². The minimum atomic E-state index is -0.789. The van der Waals surface area contributed by atoms with Crippen LogP contribution in [0.25, 0.3) is 0 Å². The molecule has 0 aromatic heterocycles. The van der Waals surface area contributed by atoms with Crippen LogP contribution in [0.4, 0.5) is 9.59 Å². The maximum Gasteiger partial charge on any atom is 0.318 e. The number of carbonyl (C=O) groups excluding carboxylic acids is 3. The Morgan fingerprint density at radius 1 is 1.21 bits per heavy atom. The summed E-state index contributed by atoms with van der Waals surface area (Å²) in [6, 6.07) is -0.634. The highest BCUT2D eigenvalue weighted by Gasteiger charge is 2.52. The molecule has 19 heavy (non-hydrogen) atoms. The topological polar surface area (TPSA) is 109 Å². The zero-order valence-electron chi connectivity index (χ0n) is 10.7. The van der Waals surface area contributed by atoms with Gasteiger partial charge in [-0.1, -0.05) is 0 Å². The predicted octanol–water partition coefficient (Wildman–Crippen LogP) is -0.242. The van der Waals surface area contributed by atoms with Gasteiger partial charge in [0.25, 0.3) is 0 Å². The average Bonchev–Trinajstić information content (AvgIpc) is 2.76. The van der Waals surface area contributed by atoms with Crippen LogP contribution in [0.1, 0.15) is 32.6 Å². The van der Waals surface area contributed by atoms with Crippen LogP contribution in [0.3, 0.4) is 0 Å². The molecule has 2 aliphatic rings. The third-order valence-electron chi connectivity index (χ3n) is 3.22. The number of ether oxygens (including phenoxy) is 1. The predicted molar refractivity (Wildman–Crippen MR) is 65.0 cm³/mol. The summed E-state index contributed by atoms with van der Waals surface area (Å²) in [6.45, 7) is 2.14. The van der Waals surface area contributed by atoms with E-state index in [1.807, 2.05) is 0 Å². The van der Waals surface area contributed by atoms with Crippen molar-refractivity contribution < 1.29 is 19.1 Å². The van der Waals surface area contributed by atoms with E-state index in [0.29, 0.717) is 32.3 Å². The maximum absolute atomic E-state index is 11.3. The molecule has 0 bridgehead atoms. The molecular formula is C11H18N4O4. The molecule has 0 aromatic rings. The van der Waals surface area contributed by atoms with Gasteiger partial charge in [0.1, 0.15) is 6.17 Å². The van der Waals surface area contributed by atoms with Crippen molar-refractivity contribution in [2.75, 3.05) is 6.61 Å². The number of fused-ring (bicyclic) bond motifs is 1. The van der Waals surface area contributed by atoms with Crippen molar-refractivity contribution in [3.8, 4) is 0 Å². The summed E-state index contributed by atoms with van der Waals surface area (Å²) in [4.78, 5) is 33.8. The standard InChI is InChI=1S/C11H18N4O4/c1-2-19-7(16)5-3-4-6-11-8(12-9(17)14-11)13-10(18)15-11/h8H,2-6H2,1H3,(H2,12,14,17)(H2,13,15,18). The fourth-order valence-electron chi connectivity index (χ4n) is 2.37. The van der Waals surface area contributed by atoms with Gasteiger partial charge >= 0.3 is 18.0 Å². The average molecular weight is 270 g/mol. The molecule has 4 N–H and O–H groups in total. The van der Waals surface area contributed by atoms with Crippen LogP contribution >= 0.6 is 0 Å². The number of rotatable bonds is 6. The molecule has 2 heterocycles. The van der Waals surface area contributed by atoms with Crippen LogP contribution in [-0.2, 0) is 9.53 Å². The molecule has 0 saturated carbocycles. The molecule has 2 saturated heterocycles. The smallest absolute Gasteiger partial charge is 0.318 e. The number of amides is 4. The van der Waals surface area contributed by atoms with E-state index in [1.54, 1.807) is 6.92 Å². The molecular weight excluding hydrogens is 252 g/mol. The summed E-state index contributed by atoms with van der Waals surface area (Å²) >= 11 is 0. The molecule has 4 amide bonds. The highest BCUT2D eigenvalue weighted by molar-refractivity contribution is 5.86. The second kappa shape index (κ2) is 5.33. The quantitative estimate of drug-likeness (QED) is 0.394. The number of unbranched alkanes of at least 4 members (excludes halogenated alkanes) is 1. The Hall–Kier alpha value is -1.99. The van der Waals surface area contributed by atoms with Crippen LogP contribution in [0.5, 0.6) is 0 Å². The van der Waals surface area contributed by atoms with Gasteiger partial charge < -0.3 is 26.0 Å². The molecule has 8 nitrogen and oxygen atoms in total. The molecule has 0 spiro atoms. The van der Waals surface area contributed by atoms with Crippen molar-refractivity contribution in [1.82, 2.24) is 21.3 Å². The Bertz CT molecular complexity index is 378. The van der Waals surface area contributed by atoms with E-state index >= 15 is 0 Å². The van der Waals surface area contributed by atoms with Crippen molar-refractivity contribution in [2.24, 2.45) is 0 Å². The van der Waals surface area contributed by atoms with Gasteiger partial charge in [-0.15, -0.1) is 0 Å². The minimum Gasteiger partial charge on any atom is -0.466 e. The van der Waals surface area contributed by atoms with Crippen molar-refractivity contribution in [3.05, 3.63) is 0 Å². The number of urea groups is 2. The van der Waals surface area contributed by atoms with E-state index in [2.05, 4.69) is 21.3 Å². The lowest BCUT2D eigenvalue weighted by molar-refractivity contribution is -0.143. The van der Waals surface area contributed by atoms with E-state index in [0.717, 1.165) is 0 Å². The second-order valence-electron chi connectivity index (χ2n) is 4.61. The Kier molecular flexibility index (Phi) is 3.77. The van der Waals surface area contributed by atoms with Gasteiger partial charge in [0.05, 0.1) is 6.61 Å². The Morgan fingerprint density at radius 2 is 1.84 bits per heavy atom. The first kappa shape index (κ1) is 13.4. The van der Waals surface area contributed by atoms with Crippen LogP contribution in [-0.4, -0.2) is 36.5 Å². The molecule has 0 atom stereocenters. The molecule has 0 radical (unpaired) electrons. The van der Waals surface area contributed by atoms with Crippen LogP contribution in [0.2, 0.25) is 0 Å². The normalized spacial score (nSPS) is 27.9. The molecule has 2 rings (SSSR count).